The second kappa shape index (κ2) is 43.1. The highest BCUT2D eigenvalue weighted by Gasteiger charge is 2.19. The molecule has 0 rings (SSSR count). The van der Waals surface area contributed by atoms with Crippen LogP contribution in [0.25, 0.3) is 0 Å². The Balaban J connectivity index is 4.16. The number of carbonyl (C=O) groups excluding carboxylic acids is 3. The lowest BCUT2D eigenvalue weighted by Gasteiger charge is -2.18. The van der Waals surface area contributed by atoms with Gasteiger partial charge in [0.15, 0.2) is 6.10 Å². The molecule has 6 nitrogen and oxygen atoms in total. The Labute approximate surface area is 329 Å². The highest BCUT2D eigenvalue weighted by atomic mass is 16.6. The van der Waals surface area contributed by atoms with E-state index in [2.05, 4.69) is 20.8 Å². The third kappa shape index (κ3) is 41.4. The summed E-state index contributed by atoms with van der Waals surface area (Å²) < 4.78 is 16.7. The SMILES string of the molecule is CCCCCCCCCCCCCCCCCCCCC(=O)OC[C@@H](COC(=O)CCCCCCCCC)OC(=O)CCCCCCCCCCCC. The first-order valence-electron chi connectivity index (χ1n) is 23.5. The first kappa shape index (κ1) is 51.4. The summed E-state index contributed by atoms with van der Waals surface area (Å²) in [7, 11) is 0. The van der Waals surface area contributed by atoms with Gasteiger partial charge in [0.2, 0.25) is 0 Å². The Morgan fingerprint density at radius 1 is 0.302 bits per heavy atom. The number of unbranched alkanes of at least 4 members (excludes halogenated alkanes) is 32. The minimum absolute atomic E-state index is 0.0631. The topological polar surface area (TPSA) is 78.9 Å². The van der Waals surface area contributed by atoms with Crippen LogP contribution < -0.4 is 0 Å². The summed E-state index contributed by atoms with van der Waals surface area (Å²) in [6, 6.07) is 0. The predicted octanol–water partition coefficient (Wildman–Crippen LogP) is 14.9. The zero-order chi connectivity index (χ0) is 38.7. The Morgan fingerprint density at radius 3 is 0.755 bits per heavy atom. The third-order valence-corrected chi connectivity index (χ3v) is 10.6. The molecule has 0 aromatic heterocycles. The van der Waals surface area contributed by atoms with Gasteiger partial charge in [-0.15, -0.1) is 0 Å². The largest absolute Gasteiger partial charge is 0.462 e. The first-order valence-corrected chi connectivity index (χ1v) is 23.5. The second-order valence-electron chi connectivity index (χ2n) is 16.0. The molecule has 0 amide bonds. The molecule has 0 aliphatic carbocycles. The van der Waals surface area contributed by atoms with Crippen LogP contribution in [0.1, 0.15) is 265 Å². The molecule has 6 heteroatoms. The van der Waals surface area contributed by atoms with E-state index in [-0.39, 0.29) is 31.1 Å². The fourth-order valence-corrected chi connectivity index (χ4v) is 7.03. The highest BCUT2D eigenvalue weighted by molar-refractivity contribution is 5.71. The summed E-state index contributed by atoms with van der Waals surface area (Å²) in [5.41, 5.74) is 0. The monoisotopic (exact) mass is 751 g/mol. The van der Waals surface area contributed by atoms with Gasteiger partial charge in [0.1, 0.15) is 13.2 Å². The lowest BCUT2D eigenvalue weighted by Crippen LogP contribution is -2.30. The van der Waals surface area contributed by atoms with E-state index in [1.807, 2.05) is 0 Å². The fourth-order valence-electron chi connectivity index (χ4n) is 7.03. The second-order valence-corrected chi connectivity index (χ2v) is 16.0. The van der Waals surface area contributed by atoms with Gasteiger partial charge in [0.05, 0.1) is 0 Å². The maximum atomic E-state index is 12.6. The van der Waals surface area contributed by atoms with Crippen molar-refractivity contribution in [3.05, 3.63) is 0 Å². The molecule has 0 aromatic rings. The maximum absolute atomic E-state index is 12.6. The van der Waals surface area contributed by atoms with E-state index in [1.54, 1.807) is 0 Å². The molecular weight excluding hydrogens is 661 g/mol. The minimum Gasteiger partial charge on any atom is -0.462 e. The van der Waals surface area contributed by atoms with E-state index < -0.39 is 6.10 Å². The molecule has 314 valence electrons. The molecule has 0 aliphatic heterocycles. The van der Waals surface area contributed by atoms with Gasteiger partial charge < -0.3 is 14.2 Å². The molecule has 0 bridgehead atoms. The van der Waals surface area contributed by atoms with E-state index in [4.69, 9.17) is 14.2 Å². The van der Waals surface area contributed by atoms with Crippen molar-refractivity contribution in [3.63, 3.8) is 0 Å². The minimum atomic E-state index is -0.757. The molecule has 53 heavy (non-hydrogen) atoms. The van der Waals surface area contributed by atoms with Crippen LogP contribution >= 0.6 is 0 Å². The molecule has 0 saturated heterocycles. The van der Waals surface area contributed by atoms with Crippen LogP contribution in [0.15, 0.2) is 0 Å². The van der Waals surface area contributed by atoms with Crippen LogP contribution in [0.2, 0.25) is 0 Å². The summed E-state index contributed by atoms with van der Waals surface area (Å²) in [6.07, 6.45) is 43.9. The predicted molar refractivity (Wildman–Crippen MR) is 224 cm³/mol. The Kier molecular flexibility index (Phi) is 41.8. The average molecular weight is 751 g/mol. The summed E-state index contributed by atoms with van der Waals surface area (Å²) in [4.78, 5) is 37.6. The Hall–Kier alpha value is -1.59. The molecule has 0 heterocycles. The molecule has 0 unspecified atom stereocenters. The highest BCUT2D eigenvalue weighted by Crippen LogP contribution is 2.16. The van der Waals surface area contributed by atoms with Gasteiger partial charge in [-0.05, 0) is 19.3 Å². The number of rotatable bonds is 43. The van der Waals surface area contributed by atoms with Gasteiger partial charge >= 0.3 is 17.9 Å². The van der Waals surface area contributed by atoms with Gasteiger partial charge in [-0.2, -0.15) is 0 Å². The van der Waals surface area contributed by atoms with Crippen molar-refractivity contribution in [1.29, 1.82) is 0 Å². The number of esters is 3. The van der Waals surface area contributed by atoms with Crippen molar-refractivity contribution in [2.75, 3.05) is 13.2 Å². The van der Waals surface area contributed by atoms with Gasteiger partial charge in [-0.3, -0.25) is 14.4 Å². The molecule has 0 saturated carbocycles. The van der Waals surface area contributed by atoms with E-state index >= 15 is 0 Å². The van der Waals surface area contributed by atoms with Crippen LogP contribution in [0.3, 0.4) is 0 Å². The average Bonchev–Trinajstić information content (AvgIpc) is 3.15. The van der Waals surface area contributed by atoms with Crippen molar-refractivity contribution in [3.8, 4) is 0 Å². The van der Waals surface area contributed by atoms with Gasteiger partial charge in [0.25, 0.3) is 0 Å². The maximum Gasteiger partial charge on any atom is 0.306 e. The van der Waals surface area contributed by atoms with Crippen molar-refractivity contribution in [2.45, 2.75) is 271 Å². The molecule has 0 aromatic carbocycles. The lowest BCUT2D eigenvalue weighted by molar-refractivity contribution is -0.167. The van der Waals surface area contributed by atoms with Crippen molar-refractivity contribution < 1.29 is 28.6 Å². The first-order chi connectivity index (χ1) is 26.0. The molecule has 0 spiro atoms. The fraction of sp³-hybridized carbons (Fsp3) is 0.936. The van der Waals surface area contributed by atoms with Crippen LogP contribution in [-0.4, -0.2) is 37.2 Å². The van der Waals surface area contributed by atoms with Gasteiger partial charge in [-0.25, -0.2) is 0 Å². The Bertz CT molecular complexity index is 783. The van der Waals surface area contributed by atoms with Crippen LogP contribution in [0.4, 0.5) is 0 Å². The summed E-state index contributed by atoms with van der Waals surface area (Å²) in [5, 5.41) is 0. The summed E-state index contributed by atoms with van der Waals surface area (Å²) in [5.74, 6) is -0.858. The Morgan fingerprint density at radius 2 is 0.509 bits per heavy atom. The van der Waals surface area contributed by atoms with E-state index in [1.165, 1.54) is 167 Å². The van der Waals surface area contributed by atoms with E-state index in [9.17, 15) is 14.4 Å². The van der Waals surface area contributed by atoms with Gasteiger partial charge in [-0.1, -0.05) is 226 Å². The molecular formula is C47H90O6. The van der Waals surface area contributed by atoms with Gasteiger partial charge in [0, 0.05) is 19.3 Å². The summed E-state index contributed by atoms with van der Waals surface area (Å²) in [6.45, 7) is 6.61. The normalized spacial score (nSPS) is 11.8. The number of carbonyl (C=O) groups is 3. The molecule has 0 fully saturated rings. The van der Waals surface area contributed by atoms with Crippen molar-refractivity contribution in [2.24, 2.45) is 0 Å². The van der Waals surface area contributed by atoms with Crippen LogP contribution in [0.5, 0.6) is 0 Å². The zero-order valence-electron chi connectivity index (χ0n) is 35.8. The van der Waals surface area contributed by atoms with Crippen molar-refractivity contribution >= 4 is 17.9 Å². The standard InChI is InChI=1S/C47H90O6/c1-4-7-10-13-16-18-20-21-22-23-24-25-26-27-29-31-34-37-40-46(49)52-43-44(42-51-45(48)39-36-33-30-15-12-9-6-3)53-47(50)41-38-35-32-28-19-17-14-11-8-5-2/h44H,4-43H2,1-3H3/t44-/m1/s1. The van der Waals surface area contributed by atoms with Crippen LogP contribution in [-0.2, 0) is 28.6 Å². The van der Waals surface area contributed by atoms with Crippen molar-refractivity contribution in [1.82, 2.24) is 0 Å². The molecule has 0 N–H and O–H groups in total. The third-order valence-electron chi connectivity index (χ3n) is 10.6. The molecule has 1 atom stereocenters. The van der Waals surface area contributed by atoms with Crippen LogP contribution in [0, 0.1) is 0 Å². The quantitative estimate of drug-likeness (QED) is 0.0351. The number of ether oxygens (including phenoxy) is 3. The number of hydrogen-bond donors (Lipinski definition) is 0. The summed E-state index contributed by atoms with van der Waals surface area (Å²) >= 11 is 0. The molecule has 0 aliphatic rings. The zero-order valence-corrected chi connectivity index (χ0v) is 35.8. The van der Waals surface area contributed by atoms with E-state index in [0.29, 0.717) is 19.3 Å². The van der Waals surface area contributed by atoms with E-state index in [0.717, 1.165) is 57.8 Å². The molecule has 0 radical (unpaired) electrons. The number of hydrogen-bond acceptors (Lipinski definition) is 6. The lowest BCUT2D eigenvalue weighted by atomic mass is 10.0. The smallest absolute Gasteiger partial charge is 0.306 e.